The molecule has 172 valence electrons. The van der Waals surface area contributed by atoms with Crippen molar-refractivity contribution >= 4 is 0 Å². The lowest BCUT2D eigenvalue weighted by Crippen LogP contribution is -2.07. The highest BCUT2D eigenvalue weighted by Gasteiger charge is 1.93. The van der Waals surface area contributed by atoms with Gasteiger partial charge in [-0.1, -0.05) is 104 Å². The number of rotatable bonds is 22. The third-order valence-electron chi connectivity index (χ3n) is 4.76. The number of hydrogen-bond acceptors (Lipinski definition) is 4. The van der Waals surface area contributed by atoms with E-state index in [2.05, 4.69) is 13.8 Å². The molecule has 0 aromatic carbocycles. The van der Waals surface area contributed by atoms with Crippen molar-refractivity contribution in [1.29, 1.82) is 0 Å². The van der Waals surface area contributed by atoms with Gasteiger partial charge in [-0.3, -0.25) is 0 Å². The minimum absolute atomic E-state index is 0.0922. The van der Waals surface area contributed by atoms with Gasteiger partial charge < -0.3 is 19.7 Å². The Morgan fingerprint density at radius 1 is 0.393 bits per heavy atom. The SMILES string of the molecule is CCCCCCCCCCCCCCCCO.CCCCOCCOCCO. The minimum atomic E-state index is 0.0922. The number of ether oxygens (including phenoxy) is 2. The molecule has 0 heterocycles. The van der Waals surface area contributed by atoms with Crippen molar-refractivity contribution in [3.05, 3.63) is 0 Å². The number of unbranched alkanes of at least 4 members (excludes halogenated alkanes) is 14. The molecule has 0 fully saturated rings. The molecule has 0 aliphatic rings. The average Bonchev–Trinajstić information content (AvgIpc) is 2.71. The first kappa shape index (κ1) is 30.0. The van der Waals surface area contributed by atoms with Gasteiger partial charge in [-0.05, 0) is 12.8 Å². The van der Waals surface area contributed by atoms with E-state index in [1.54, 1.807) is 0 Å². The van der Waals surface area contributed by atoms with Crippen LogP contribution in [0.25, 0.3) is 0 Å². The summed E-state index contributed by atoms with van der Waals surface area (Å²) in [7, 11) is 0. The summed E-state index contributed by atoms with van der Waals surface area (Å²) in [6.07, 6.45) is 21.5. The Morgan fingerprint density at radius 3 is 1.18 bits per heavy atom. The quantitative estimate of drug-likeness (QED) is 0.209. The zero-order valence-electron chi connectivity index (χ0n) is 19.3. The van der Waals surface area contributed by atoms with Gasteiger partial charge in [0.2, 0.25) is 0 Å². The highest BCUT2D eigenvalue weighted by Crippen LogP contribution is 2.12. The second-order valence-electron chi connectivity index (χ2n) is 7.62. The first-order chi connectivity index (χ1) is 13.8. The molecular formula is C24H52O4. The van der Waals surface area contributed by atoms with Crippen LogP contribution in [0.1, 0.15) is 117 Å². The summed E-state index contributed by atoms with van der Waals surface area (Å²) < 4.78 is 10.2. The van der Waals surface area contributed by atoms with Crippen LogP contribution in [0, 0.1) is 0 Å². The van der Waals surface area contributed by atoms with Gasteiger partial charge in [0.15, 0.2) is 0 Å². The van der Waals surface area contributed by atoms with Crippen LogP contribution in [-0.4, -0.2) is 49.9 Å². The van der Waals surface area contributed by atoms with Crippen molar-refractivity contribution in [3.63, 3.8) is 0 Å². The lowest BCUT2D eigenvalue weighted by atomic mass is 10.0. The maximum absolute atomic E-state index is 8.64. The van der Waals surface area contributed by atoms with E-state index in [1.165, 1.54) is 83.5 Å². The third kappa shape index (κ3) is 33.4. The second kappa shape index (κ2) is 31.5. The fourth-order valence-electron chi connectivity index (χ4n) is 2.94. The Hall–Kier alpha value is -0.160. The van der Waals surface area contributed by atoms with E-state index >= 15 is 0 Å². The predicted molar refractivity (Wildman–Crippen MR) is 121 cm³/mol. The Balaban J connectivity index is 0. The largest absolute Gasteiger partial charge is 0.396 e. The van der Waals surface area contributed by atoms with Gasteiger partial charge in [0.05, 0.1) is 26.4 Å². The summed E-state index contributed by atoms with van der Waals surface area (Å²) in [4.78, 5) is 0. The zero-order valence-corrected chi connectivity index (χ0v) is 19.3. The fraction of sp³-hybridized carbons (Fsp3) is 1.00. The Bertz CT molecular complexity index is 215. The molecule has 0 amide bonds. The number of aliphatic hydroxyl groups excluding tert-OH is 2. The number of hydrogen-bond donors (Lipinski definition) is 2. The molecule has 4 nitrogen and oxygen atoms in total. The van der Waals surface area contributed by atoms with Gasteiger partial charge in [-0.25, -0.2) is 0 Å². The van der Waals surface area contributed by atoms with Crippen LogP contribution >= 0.6 is 0 Å². The summed E-state index contributed by atoms with van der Waals surface area (Å²) in [5.41, 5.74) is 0. The van der Waals surface area contributed by atoms with Crippen LogP contribution in [0.2, 0.25) is 0 Å². The van der Waals surface area contributed by atoms with Crippen LogP contribution in [0.4, 0.5) is 0 Å². The maximum atomic E-state index is 8.64. The summed E-state index contributed by atoms with van der Waals surface area (Å²) in [5, 5.41) is 17.0. The van der Waals surface area contributed by atoms with Gasteiger partial charge in [0, 0.05) is 13.2 Å². The van der Waals surface area contributed by atoms with Crippen molar-refractivity contribution in [2.24, 2.45) is 0 Å². The molecule has 2 N–H and O–H groups in total. The number of aliphatic hydroxyl groups is 2. The van der Waals surface area contributed by atoms with Crippen LogP contribution in [0.3, 0.4) is 0 Å². The van der Waals surface area contributed by atoms with Crippen LogP contribution in [-0.2, 0) is 9.47 Å². The van der Waals surface area contributed by atoms with E-state index in [4.69, 9.17) is 19.7 Å². The average molecular weight is 405 g/mol. The summed E-state index contributed by atoms with van der Waals surface area (Å²) >= 11 is 0. The van der Waals surface area contributed by atoms with E-state index < -0.39 is 0 Å². The first-order valence-corrected chi connectivity index (χ1v) is 12.2. The van der Waals surface area contributed by atoms with Crippen LogP contribution in [0.15, 0.2) is 0 Å². The van der Waals surface area contributed by atoms with Gasteiger partial charge in [-0.2, -0.15) is 0 Å². The molecular weight excluding hydrogens is 352 g/mol. The van der Waals surface area contributed by atoms with Crippen LogP contribution in [0.5, 0.6) is 0 Å². The van der Waals surface area contributed by atoms with E-state index in [0.29, 0.717) is 26.4 Å². The van der Waals surface area contributed by atoms with E-state index in [1.807, 2.05) is 0 Å². The van der Waals surface area contributed by atoms with Crippen molar-refractivity contribution in [2.75, 3.05) is 39.6 Å². The maximum Gasteiger partial charge on any atom is 0.0701 e. The lowest BCUT2D eigenvalue weighted by molar-refractivity contribution is 0.0324. The molecule has 0 unspecified atom stereocenters. The van der Waals surface area contributed by atoms with Gasteiger partial charge in [0.25, 0.3) is 0 Å². The normalized spacial score (nSPS) is 10.7. The van der Waals surface area contributed by atoms with Crippen LogP contribution < -0.4 is 0 Å². The van der Waals surface area contributed by atoms with Crippen molar-refractivity contribution in [1.82, 2.24) is 0 Å². The van der Waals surface area contributed by atoms with Gasteiger partial charge in [-0.15, -0.1) is 0 Å². The summed E-state index contributed by atoms with van der Waals surface area (Å²) in [6.45, 7) is 7.33. The van der Waals surface area contributed by atoms with E-state index in [0.717, 1.165) is 25.9 Å². The molecule has 0 atom stereocenters. The molecule has 0 aromatic rings. The Kier molecular flexibility index (Phi) is 33.8. The standard InChI is InChI=1S/C16H34O.C8H18O3/c1-2-3-4-5-6-7-8-9-10-11-12-13-14-15-16-17;1-2-3-5-10-7-8-11-6-4-9/h17H,2-16H2,1H3;9H,2-8H2,1H3. The highest BCUT2D eigenvalue weighted by molar-refractivity contribution is 4.49. The van der Waals surface area contributed by atoms with Crippen molar-refractivity contribution < 1.29 is 19.7 Å². The molecule has 28 heavy (non-hydrogen) atoms. The van der Waals surface area contributed by atoms with Crippen molar-refractivity contribution in [3.8, 4) is 0 Å². The Labute approximate surface area is 176 Å². The molecule has 0 rings (SSSR count). The second-order valence-corrected chi connectivity index (χ2v) is 7.62. The third-order valence-corrected chi connectivity index (χ3v) is 4.76. The molecule has 0 aliphatic heterocycles. The molecule has 0 bridgehead atoms. The summed E-state index contributed by atoms with van der Waals surface area (Å²) in [6, 6.07) is 0. The lowest BCUT2D eigenvalue weighted by Gasteiger charge is -2.02. The molecule has 0 saturated heterocycles. The first-order valence-electron chi connectivity index (χ1n) is 12.2. The molecule has 0 spiro atoms. The summed E-state index contributed by atoms with van der Waals surface area (Å²) in [5.74, 6) is 0. The van der Waals surface area contributed by atoms with E-state index in [-0.39, 0.29) is 6.61 Å². The van der Waals surface area contributed by atoms with Gasteiger partial charge in [0.1, 0.15) is 0 Å². The van der Waals surface area contributed by atoms with E-state index in [9.17, 15) is 0 Å². The van der Waals surface area contributed by atoms with Crippen molar-refractivity contribution in [2.45, 2.75) is 117 Å². The minimum Gasteiger partial charge on any atom is -0.396 e. The monoisotopic (exact) mass is 404 g/mol. The topological polar surface area (TPSA) is 58.9 Å². The molecule has 0 aromatic heterocycles. The van der Waals surface area contributed by atoms with Gasteiger partial charge >= 0.3 is 0 Å². The fourth-order valence-corrected chi connectivity index (χ4v) is 2.94. The zero-order chi connectivity index (χ0) is 21.0. The molecule has 4 heteroatoms. The predicted octanol–water partition coefficient (Wildman–Crippen LogP) is 6.27. The Morgan fingerprint density at radius 2 is 0.786 bits per heavy atom. The molecule has 0 saturated carbocycles. The molecule has 0 aliphatic carbocycles. The smallest absolute Gasteiger partial charge is 0.0701 e. The molecule has 0 radical (unpaired) electrons. The highest BCUT2D eigenvalue weighted by atomic mass is 16.5.